The maximum absolute atomic E-state index is 11.7. The van der Waals surface area contributed by atoms with Crippen LogP contribution in [0, 0.1) is 0 Å². The molecular weight excluding hydrogens is 194 g/mol. The van der Waals surface area contributed by atoms with Crippen molar-refractivity contribution in [1.82, 2.24) is 10.2 Å². The molecule has 0 aliphatic rings. The minimum absolute atomic E-state index is 0.0304. The molecule has 0 rings (SSSR count). The molecule has 88 valence electrons. The minimum Gasteiger partial charge on any atom is -0.368 e. The van der Waals surface area contributed by atoms with Crippen LogP contribution in [0.15, 0.2) is 0 Å². The molecule has 0 aliphatic heterocycles. The average Bonchev–Trinajstić information content (AvgIpc) is 2.22. The molecule has 0 spiro atoms. The van der Waals surface area contributed by atoms with E-state index in [1.165, 1.54) is 0 Å². The Hall–Kier alpha value is -1.10. The van der Waals surface area contributed by atoms with E-state index in [9.17, 15) is 9.59 Å². The number of nitrogens with one attached hydrogen (secondary N) is 1. The monoisotopic (exact) mass is 215 g/mol. The highest BCUT2D eigenvalue weighted by Crippen LogP contribution is 1.96. The molecule has 5 nitrogen and oxygen atoms in total. The van der Waals surface area contributed by atoms with Crippen LogP contribution in [-0.2, 0) is 9.59 Å². The molecule has 2 unspecified atom stereocenters. The highest BCUT2D eigenvalue weighted by atomic mass is 16.2. The first-order valence-corrected chi connectivity index (χ1v) is 5.24. The van der Waals surface area contributed by atoms with E-state index in [0.717, 1.165) is 0 Å². The maximum Gasteiger partial charge on any atom is 0.239 e. The van der Waals surface area contributed by atoms with Crippen molar-refractivity contribution in [3.8, 4) is 0 Å². The summed E-state index contributed by atoms with van der Waals surface area (Å²) in [5, 5.41) is 2.92. The van der Waals surface area contributed by atoms with Crippen LogP contribution in [0.3, 0.4) is 0 Å². The summed E-state index contributed by atoms with van der Waals surface area (Å²) >= 11 is 0. The molecule has 0 aliphatic carbocycles. The number of nitrogens with zero attached hydrogens (tertiary/aromatic N) is 1. The van der Waals surface area contributed by atoms with Gasteiger partial charge in [0.15, 0.2) is 0 Å². The molecule has 0 aromatic rings. The van der Waals surface area contributed by atoms with E-state index in [1.807, 2.05) is 13.8 Å². The summed E-state index contributed by atoms with van der Waals surface area (Å²) in [5.74, 6) is -0.450. The number of likely N-dealkylation sites (N-methyl/N-ethyl adjacent to an activating group) is 1. The van der Waals surface area contributed by atoms with E-state index in [2.05, 4.69) is 5.32 Å². The fraction of sp³-hybridized carbons (Fsp3) is 0.800. The molecule has 0 aromatic carbocycles. The lowest BCUT2D eigenvalue weighted by Crippen LogP contribution is -2.51. The van der Waals surface area contributed by atoms with Crippen LogP contribution in [0.1, 0.15) is 27.2 Å². The summed E-state index contributed by atoms with van der Waals surface area (Å²) in [5.41, 5.74) is 5.18. The zero-order valence-corrected chi connectivity index (χ0v) is 9.91. The van der Waals surface area contributed by atoms with Crippen molar-refractivity contribution in [1.29, 1.82) is 0 Å². The largest absolute Gasteiger partial charge is 0.368 e. The first-order chi connectivity index (χ1) is 6.93. The molecule has 0 aromatic heterocycles. The van der Waals surface area contributed by atoms with Crippen LogP contribution in [0.4, 0.5) is 0 Å². The molecule has 0 saturated heterocycles. The normalized spacial score (nSPS) is 14.4. The van der Waals surface area contributed by atoms with E-state index in [4.69, 9.17) is 5.73 Å². The molecule has 2 amide bonds. The van der Waals surface area contributed by atoms with Gasteiger partial charge in [0.2, 0.25) is 11.8 Å². The van der Waals surface area contributed by atoms with Crippen LogP contribution in [0.5, 0.6) is 0 Å². The minimum atomic E-state index is -0.436. The quantitative estimate of drug-likeness (QED) is 0.639. The van der Waals surface area contributed by atoms with Crippen molar-refractivity contribution in [3.63, 3.8) is 0 Å². The highest BCUT2D eigenvalue weighted by Gasteiger charge is 2.21. The SMILES string of the molecule is CCC(NC(C)C(=O)N(C)CC)C(N)=O. The molecule has 2 atom stereocenters. The van der Waals surface area contributed by atoms with E-state index in [1.54, 1.807) is 18.9 Å². The molecule has 0 saturated carbocycles. The molecule has 15 heavy (non-hydrogen) atoms. The summed E-state index contributed by atoms with van der Waals surface area (Å²) in [4.78, 5) is 24.2. The van der Waals surface area contributed by atoms with Crippen LogP contribution in [0.2, 0.25) is 0 Å². The van der Waals surface area contributed by atoms with Gasteiger partial charge in [0, 0.05) is 13.6 Å². The Morgan fingerprint density at radius 2 is 1.93 bits per heavy atom. The third-order valence-corrected chi connectivity index (χ3v) is 2.42. The second kappa shape index (κ2) is 6.40. The average molecular weight is 215 g/mol. The van der Waals surface area contributed by atoms with E-state index in [0.29, 0.717) is 13.0 Å². The zero-order valence-electron chi connectivity index (χ0n) is 9.91. The van der Waals surface area contributed by atoms with Gasteiger partial charge < -0.3 is 10.6 Å². The summed E-state index contributed by atoms with van der Waals surface area (Å²) in [6.07, 6.45) is 0.586. The number of hydrogen-bond acceptors (Lipinski definition) is 3. The number of rotatable bonds is 6. The van der Waals surface area contributed by atoms with Crippen LogP contribution in [-0.4, -0.2) is 42.4 Å². The Bertz CT molecular complexity index is 231. The van der Waals surface area contributed by atoms with Gasteiger partial charge in [0.25, 0.3) is 0 Å². The van der Waals surface area contributed by atoms with Crippen LogP contribution < -0.4 is 11.1 Å². The van der Waals surface area contributed by atoms with Gasteiger partial charge in [0.05, 0.1) is 12.1 Å². The topological polar surface area (TPSA) is 75.4 Å². The number of nitrogens with two attached hydrogens (primary N) is 1. The van der Waals surface area contributed by atoms with Crippen LogP contribution >= 0.6 is 0 Å². The number of hydrogen-bond donors (Lipinski definition) is 2. The standard InChI is InChI=1S/C10H21N3O2/c1-5-8(9(11)14)12-7(3)10(15)13(4)6-2/h7-8,12H,5-6H2,1-4H3,(H2,11,14). The predicted molar refractivity (Wildman–Crippen MR) is 59.2 cm³/mol. The molecule has 0 fully saturated rings. The second-order valence-corrected chi connectivity index (χ2v) is 3.60. The van der Waals surface area contributed by atoms with Gasteiger partial charge in [0.1, 0.15) is 0 Å². The van der Waals surface area contributed by atoms with Crippen molar-refractivity contribution >= 4 is 11.8 Å². The van der Waals surface area contributed by atoms with Gasteiger partial charge in [-0.1, -0.05) is 6.92 Å². The van der Waals surface area contributed by atoms with Crippen LogP contribution in [0.25, 0.3) is 0 Å². The summed E-state index contributed by atoms with van der Waals surface area (Å²) < 4.78 is 0. The lowest BCUT2D eigenvalue weighted by Gasteiger charge is -2.23. The first-order valence-electron chi connectivity index (χ1n) is 5.24. The zero-order chi connectivity index (χ0) is 12.0. The van der Waals surface area contributed by atoms with Gasteiger partial charge in [-0.3, -0.25) is 14.9 Å². The van der Waals surface area contributed by atoms with Crippen molar-refractivity contribution in [3.05, 3.63) is 0 Å². The molecule has 5 heteroatoms. The van der Waals surface area contributed by atoms with Crippen molar-refractivity contribution < 1.29 is 9.59 Å². The third-order valence-electron chi connectivity index (χ3n) is 2.42. The van der Waals surface area contributed by atoms with Gasteiger partial charge in [-0.05, 0) is 20.3 Å². The number of carbonyl (C=O) groups excluding carboxylic acids is 2. The molecule has 0 heterocycles. The maximum atomic E-state index is 11.7. The second-order valence-electron chi connectivity index (χ2n) is 3.60. The summed E-state index contributed by atoms with van der Waals surface area (Å²) in [6, 6.07) is -0.818. The Morgan fingerprint density at radius 1 is 1.40 bits per heavy atom. The van der Waals surface area contributed by atoms with Gasteiger partial charge in [-0.25, -0.2) is 0 Å². The summed E-state index contributed by atoms with van der Waals surface area (Å²) in [7, 11) is 1.73. The lowest BCUT2D eigenvalue weighted by atomic mass is 10.1. The molecular formula is C10H21N3O2. The summed E-state index contributed by atoms with van der Waals surface area (Å²) in [6.45, 7) is 6.14. The fourth-order valence-corrected chi connectivity index (χ4v) is 1.26. The fourth-order valence-electron chi connectivity index (χ4n) is 1.26. The van der Waals surface area contributed by atoms with E-state index in [-0.39, 0.29) is 11.9 Å². The van der Waals surface area contributed by atoms with Gasteiger partial charge in [-0.2, -0.15) is 0 Å². The van der Waals surface area contributed by atoms with Crippen molar-refractivity contribution in [2.45, 2.75) is 39.3 Å². The molecule has 0 radical (unpaired) electrons. The number of primary amides is 1. The van der Waals surface area contributed by atoms with Crippen molar-refractivity contribution in [2.75, 3.05) is 13.6 Å². The molecule has 0 bridgehead atoms. The van der Waals surface area contributed by atoms with E-state index < -0.39 is 11.9 Å². The van der Waals surface area contributed by atoms with Gasteiger partial charge in [-0.15, -0.1) is 0 Å². The first kappa shape index (κ1) is 13.9. The lowest BCUT2D eigenvalue weighted by molar-refractivity contribution is -0.132. The Kier molecular flexibility index (Phi) is 5.93. The van der Waals surface area contributed by atoms with E-state index >= 15 is 0 Å². The third kappa shape index (κ3) is 4.29. The number of amides is 2. The highest BCUT2D eigenvalue weighted by molar-refractivity contribution is 5.84. The Balaban J connectivity index is 4.27. The predicted octanol–water partition coefficient (Wildman–Crippen LogP) is -0.293. The van der Waals surface area contributed by atoms with Crippen molar-refractivity contribution in [2.24, 2.45) is 5.73 Å². The Labute approximate surface area is 91.0 Å². The van der Waals surface area contributed by atoms with Gasteiger partial charge >= 0.3 is 0 Å². The Morgan fingerprint density at radius 3 is 2.27 bits per heavy atom. The smallest absolute Gasteiger partial charge is 0.239 e. The number of carbonyl (C=O) groups is 2. The molecule has 3 N–H and O–H groups in total.